The second kappa shape index (κ2) is 9.08. The largest absolute Gasteiger partial charge is 0.379 e. The van der Waals surface area contributed by atoms with Crippen molar-refractivity contribution >= 4 is 5.96 Å². The maximum atomic E-state index is 9.74. The summed E-state index contributed by atoms with van der Waals surface area (Å²) in [4.78, 5) is 13.4. The van der Waals surface area contributed by atoms with E-state index in [-0.39, 0.29) is 5.96 Å². The quantitative estimate of drug-likeness (QED) is 0.267. The maximum Gasteiger partial charge on any atom is 0.257 e. The van der Waals surface area contributed by atoms with Gasteiger partial charge in [0, 0.05) is 11.8 Å². The van der Waals surface area contributed by atoms with Gasteiger partial charge < -0.3 is 15.2 Å². The Morgan fingerprint density at radius 1 is 1.31 bits per heavy atom. The molecule has 6 nitrogen and oxygen atoms in total. The molecule has 0 radical (unpaired) electrons. The molecule has 0 saturated carbocycles. The van der Waals surface area contributed by atoms with Gasteiger partial charge in [0.15, 0.2) is 0 Å². The third-order valence-electron chi connectivity index (χ3n) is 1.18. The van der Waals surface area contributed by atoms with Gasteiger partial charge in [-0.25, -0.2) is 4.99 Å². The highest BCUT2D eigenvalue weighted by Crippen LogP contribution is 1.80. The van der Waals surface area contributed by atoms with E-state index in [4.69, 9.17) is 15.2 Å². The normalized spacial score (nSPS) is 11.6. The molecule has 13 heavy (non-hydrogen) atoms. The summed E-state index contributed by atoms with van der Waals surface area (Å²) >= 11 is 0. The van der Waals surface area contributed by atoms with Crippen LogP contribution >= 0.6 is 0 Å². The number of nitroso groups, excluding NO2 is 1. The lowest BCUT2D eigenvalue weighted by atomic mass is 10.7. The van der Waals surface area contributed by atoms with Crippen molar-refractivity contribution in [2.24, 2.45) is 15.9 Å². The molecular formula is C7H15N3O3. The average Bonchev–Trinajstić information content (AvgIpc) is 2.16. The molecule has 0 spiro atoms. The Balaban J connectivity index is 3.12. The van der Waals surface area contributed by atoms with Gasteiger partial charge in [-0.2, -0.15) is 0 Å². The van der Waals surface area contributed by atoms with E-state index >= 15 is 0 Å². The molecule has 2 N–H and O–H groups in total. The second-order valence-electron chi connectivity index (χ2n) is 2.14. The molecule has 0 amide bonds. The van der Waals surface area contributed by atoms with E-state index in [1.165, 1.54) is 0 Å². The first-order valence-electron chi connectivity index (χ1n) is 4.10. The summed E-state index contributed by atoms with van der Waals surface area (Å²) in [5.41, 5.74) is 5.03. The highest BCUT2D eigenvalue weighted by atomic mass is 16.5. The smallest absolute Gasteiger partial charge is 0.257 e. The predicted octanol–water partition coefficient (Wildman–Crippen LogP) is 0.121. The number of rotatable bonds is 7. The lowest BCUT2D eigenvalue weighted by molar-refractivity contribution is 0.0562. The van der Waals surface area contributed by atoms with Gasteiger partial charge in [-0.15, -0.1) is 4.91 Å². The first kappa shape index (κ1) is 12.0. The molecule has 0 aromatic rings. The molecule has 0 heterocycles. The topological polar surface area (TPSA) is 86.3 Å². The molecule has 0 aromatic carbocycles. The van der Waals surface area contributed by atoms with Crippen LogP contribution in [0.3, 0.4) is 0 Å². The summed E-state index contributed by atoms with van der Waals surface area (Å²) in [6.45, 7) is 4.47. The first-order chi connectivity index (χ1) is 6.31. The standard InChI is InChI=1S/C7H15N3O3/c1-2-12-5-6-13-4-3-9-7(8)10-11/h2-6H2,1H3,(H2,8,9). The van der Waals surface area contributed by atoms with Crippen LogP contribution in [0.25, 0.3) is 0 Å². The van der Waals surface area contributed by atoms with Gasteiger partial charge in [-0.1, -0.05) is 0 Å². The van der Waals surface area contributed by atoms with Gasteiger partial charge in [0.2, 0.25) is 0 Å². The molecule has 0 bridgehead atoms. The van der Waals surface area contributed by atoms with Gasteiger partial charge in [0.05, 0.1) is 26.4 Å². The first-order valence-corrected chi connectivity index (χ1v) is 4.10. The third-order valence-corrected chi connectivity index (χ3v) is 1.18. The number of hydrogen-bond donors (Lipinski definition) is 1. The Labute approximate surface area is 77.1 Å². The third kappa shape index (κ3) is 8.90. The summed E-state index contributed by atoms with van der Waals surface area (Å²) in [7, 11) is 0. The number of nitrogens with zero attached hydrogens (tertiary/aromatic N) is 2. The monoisotopic (exact) mass is 189 g/mol. The Morgan fingerprint density at radius 3 is 2.62 bits per heavy atom. The lowest BCUT2D eigenvalue weighted by Gasteiger charge is -2.01. The summed E-state index contributed by atoms with van der Waals surface area (Å²) in [5, 5.41) is 2.43. The molecule has 0 fully saturated rings. The molecular weight excluding hydrogens is 174 g/mol. The molecule has 0 aromatic heterocycles. The zero-order valence-corrected chi connectivity index (χ0v) is 7.73. The molecule has 0 unspecified atom stereocenters. The van der Waals surface area contributed by atoms with Crippen molar-refractivity contribution in [3.05, 3.63) is 4.91 Å². The van der Waals surface area contributed by atoms with Crippen LogP contribution in [0.15, 0.2) is 10.2 Å². The van der Waals surface area contributed by atoms with Gasteiger partial charge in [0.25, 0.3) is 5.96 Å². The molecule has 0 saturated heterocycles. The van der Waals surface area contributed by atoms with Crippen LogP contribution in [0.4, 0.5) is 0 Å². The molecule has 76 valence electrons. The van der Waals surface area contributed by atoms with Crippen LogP contribution in [0, 0.1) is 4.91 Å². The van der Waals surface area contributed by atoms with Crippen LogP contribution in [0.2, 0.25) is 0 Å². The van der Waals surface area contributed by atoms with Crippen molar-refractivity contribution < 1.29 is 9.47 Å². The van der Waals surface area contributed by atoms with Crippen molar-refractivity contribution in [1.82, 2.24) is 0 Å². The summed E-state index contributed by atoms with van der Waals surface area (Å²) < 4.78 is 10.1. The van der Waals surface area contributed by atoms with E-state index < -0.39 is 0 Å². The van der Waals surface area contributed by atoms with E-state index in [1.54, 1.807) is 0 Å². The van der Waals surface area contributed by atoms with Crippen molar-refractivity contribution in [3.63, 3.8) is 0 Å². The Kier molecular flexibility index (Phi) is 8.38. The number of guanidine groups is 1. The van der Waals surface area contributed by atoms with E-state index in [0.29, 0.717) is 33.0 Å². The second-order valence-corrected chi connectivity index (χ2v) is 2.14. The molecule has 0 aliphatic rings. The fraction of sp³-hybridized carbons (Fsp3) is 0.857. The fourth-order valence-corrected chi connectivity index (χ4v) is 0.618. The predicted molar refractivity (Wildman–Crippen MR) is 49.6 cm³/mol. The summed E-state index contributed by atoms with van der Waals surface area (Å²) in [5.74, 6) is -0.242. The van der Waals surface area contributed by atoms with E-state index in [2.05, 4.69) is 10.2 Å². The number of hydrogen-bond acceptors (Lipinski definition) is 4. The minimum absolute atomic E-state index is 0.242. The van der Waals surface area contributed by atoms with Gasteiger partial charge >= 0.3 is 0 Å². The van der Waals surface area contributed by atoms with Crippen molar-refractivity contribution in [1.29, 1.82) is 0 Å². The summed E-state index contributed by atoms with van der Waals surface area (Å²) in [6, 6.07) is 0. The Morgan fingerprint density at radius 2 is 2.00 bits per heavy atom. The van der Waals surface area contributed by atoms with Crippen LogP contribution in [-0.2, 0) is 9.47 Å². The van der Waals surface area contributed by atoms with E-state index in [0.717, 1.165) is 0 Å². The average molecular weight is 189 g/mol. The molecule has 6 heteroatoms. The van der Waals surface area contributed by atoms with Gasteiger partial charge in [0.1, 0.15) is 0 Å². The van der Waals surface area contributed by atoms with Crippen LogP contribution in [-0.4, -0.2) is 38.9 Å². The summed E-state index contributed by atoms with van der Waals surface area (Å²) in [6.07, 6.45) is 0. The van der Waals surface area contributed by atoms with Crippen LogP contribution in [0.5, 0.6) is 0 Å². The lowest BCUT2D eigenvalue weighted by Crippen LogP contribution is -2.11. The van der Waals surface area contributed by atoms with Crippen LogP contribution in [0.1, 0.15) is 6.92 Å². The molecule has 0 aliphatic carbocycles. The molecule has 0 rings (SSSR count). The van der Waals surface area contributed by atoms with Crippen molar-refractivity contribution in [2.45, 2.75) is 6.92 Å². The number of aliphatic imine (C=N–C) groups is 1. The zero-order chi connectivity index (χ0) is 9.94. The Hall–Kier alpha value is -1.01. The highest BCUT2D eigenvalue weighted by molar-refractivity contribution is 5.78. The van der Waals surface area contributed by atoms with E-state index in [1.807, 2.05) is 6.92 Å². The van der Waals surface area contributed by atoms with Crippen LogP contribution < -0.4 is 5.73 Å². The maximum absolute atomic E-state index is 9.74. The SMILES string of the molecule is CCOCCOCCN=C(N)N=O. The van der Waals surface area contributed by atoms with E-state index in [9.17, 15) is 4.91 Å². The fourth-order valence-electron chi connectivity index (χ4n) is 0.618. The molecule has 0 atom stereocenters. The van der Waals surface area contributed by atoms with Crippen molar-refractivity contribution in [3.8, 4) is 0 Å². The van der Waals surface area contributed by atoms with Gasteiger partial charge in [-0.3, -0.25) is 0 Å². The number of nitrogens with two attached hydrogens (primary N) is 1. The zero-order valence-electron chi connectivity index (χ0n) is 7.73. The molecule has 0 aliphatic heterocycles. The number of ether oxygens (including phenoxy) is 2. The Bertz CT molecular complexity index is 161. The van der Waals surface area contributed by atoms with Gasteiger partial charge in [-0.05, 0) is 6.92 Å². The minimum atomic E-state index is -0.242. The van der Waals surface area contributed by atoms with Crippen molar-refractivity contribution in [2.75, 3.05) is 33.0 Å². The minimum Gasteiger partial charge on any atom is -0.379 e. The highest BCUT2D eigenvalue weighted by Gasteiger charge is 1.89.